The smallest absolute Gasteiger partial charge is 0.374 e. The summed E-state index contributed by atoms with van der Waals surface area (Å²) in [5.41, 5.74) is 8.45. The topological polar surface area (TPSA) is 161 Å². The number of nitrogens with zero attached hydrogens (tertiary/aromatic N) is 2. The molecule has 378 valence electrons. The van der Waals surface area contributed by atoms with E-state index in [9.17, 15) is 0 Å². The molecule has 0 aliphatic heterocycles. The zero-order valence-corrected chi connectivity index (χ0v) is 45.7. The second-order valence-corrected chi connectivity index (χ2v) is 24.6. The van der Waals surface area contributed by atoms with Crippen molar-refractivity contribution >= 4 is 63.6 Å². The zero-order valence-electron chi connectivity index (χ0n) is 43.7. The summed E-state index contributed by atoms with van der Waals surface area (Å²) in [6, 6.07) is 35.2. The van der Waals surface area contributed by atoms with Gasteiger partial charge in [-0.05, 0) is 136 Å². The third-order valence-corrected chi connectivity index (χ3v) is 17.8. The highest BCUT2D eigenvalue weighted by atomic mass is 28.4. The number of aryl methyl sites for hydroxylation is 2. The van der Waals surface area contributed by atoms with Crippen LogP contribution in [-0.2, 0) is 50.2 Å². The van der Waals surface area contributed by atoms with Crippen LogP contribution in [0.5, 0.6) is 0 Å². The molecule has 0 saturated carbocycles. The quantitative estimate of drug-likeness (QED) is 0.0272. The summed E-state index contributed by atoms with van der Waals surface area (Å²) in [5.74, 6) is 3.66. The summed E-state index contributed by atoms with van der Waals surface area (Å²) in [5, 5.41) is 14.4. The summed E-state index contributed by atoms with van der Waals surface area (Å²) in [6.45, 7) is 28.5. The van der Waals surface area contributed by atoms with E-state index < -0.39 is 17.6 Å². The molecule has 0 spiro atoms. The van der Waals surface area contributed by atoms with Gasteiger partial charge in [0.2, 0.25) is 0 Å². The number of rotatable bonds is 27. The molecule has 0 saturated heterocycles. The number of nitrogens with one attached hydrogen (secondary N) is 6. The van der Waals surface area contributed by atoms with Gasteiger partial charge in [-0.3, -0.25) is 0 Å². The average molecular weight is 991 g/mol. The Bertz CT molecular complexity index is 2290. The Morgan fingerprint density at radius 1 is 0.400 bits per heavy atom. The fourth-order valence-electron chi connectivity index (χ4n) is 8.11. The molecular formula is C54H78N8O6Si2. The van der Waals surface area contributed by atoms with E-state index in [0.717, 1.165) is 46.7 Å². The molecule has 4 aromatic carbocycles. The van der Waals surface area contributed by atoms with Crippen molar-refractivity contribution in [3.8, 4) is 11.6 Å². The van der Waals surface area contributed by atoms with Crippen LogP contribution < -0.4 is 21.3 Å². The maximum Gasteiger partial charge on any atom is 0.501 e. The van der Waals surface area contributed by atoms with Crippen molar-refractivity contribution < 1.29 is 26.6 Å². The molecule has 0 aliphatic carbocycles. The molecule has 70 heavy (non-hydrogen) atoms. The summed E-state index contributed by atoms with van der Waals surface area (Å²) in [4.78, 5) is 17.4. The molecule has 2 aromatic heterocycles. The lowest BCUT2D eigenvalue weighted by Crippen LogP contribution is -2.46. The Hall–Kier alpha value is -5.31. The summed E-state index contributed by atoms with van der Waals surface area (Å²) in [7, 11) is -5.57. The maximum atomic E-state index is 6.12. The monoisotopic (exact) mass is 991 g/mol. The van der Waals surface area contributed by atoms with E-state index in [1.54, 1.807) is 0 Å². The number of H-pyrrole nitrogens is 2. The maximum absolute atomic E-state index is 6.12. The first-order valence-corrected chi connectivity index (χ1v) is 28.9. The molecule has 2 heterocycles. The zero-order chi connectivity index (χ0) is 50.4. The predicted octanol–water partition coefficient (Wildman–Crippen LogP) is 13.6. The van der Waals surface area contributed by atoms with Gasteiger partial charge >= 0.3 is 17.6 Å². The van der Waals surface area contributed by atoms with Crippen LogP contribution in [0.3, 0.4) is 0 Å². The van der Waals surface area contributed by atoms with Gasteiger partial charge in [0.25, 0.3) is 0 Å². The number of benzene rings is 4. The molecule has 6 N–H and O–H groups in total. The molecule has 6 rings (SSSR count). The average Bonchev–Trinajstić information content (AvgIpc) is 3.91. The molecule has 16 heteroatoms. The lowest BCUT2D eigenvalue weighted by atomic mass is 9.87. The third-order valence-electron chi connectivity index (χ3n) is 11.7. The molecule has 0 bridgehead atoms. The van der Waals surface area contributed by atoms with Crippen LogP contribution in [0, 0.1) is 0 Å². The molecule has 0 unspecified atom stereocenters. The first kappa shape index (κ1) is 54.0. The minimum atomic E-state index is -2.78. The highest BCUT2D eigenvalue weighted by molar-refractivity contribution is 6.61. The van der Waals surface area contributed by atoms with Gasteiger partial charge in [0.05, 0.1) is 0 Å². The van der Waals surface area contributed by atoms with Crippen LogP contribution in [0.15, 0.2) is 97.1 Å². The molecule has 0 atom stereocenters. The molecule has 0 fully saturated rings. The highest BCUT2D eigenvalue weighted by Crippen LogP contribution is 2.35. The number of aromatic nitrogens is 4. The minimum Gasteiger partial charge on any atom is -0.374 e. The molecule has 0 aliphatic rings. The van der Waals surface area contributed by atoms with Crippen molar-refractivity contribution in [2.45, 2.75) is 119 Å². The van der Waals surface area contributed by atoms with Crippen LogP contribution in [0.4, 0.5) is 46.0 Å². The summed E-state index contributed by atoms with van der Waals surface area (Å²) in [6.07, 6.45) is 1.54. The number of anilines is 8. The van der Waals surface area contributed by atoms with Gasteiger partial charge in [0, 0.05) is 74.5 Å². The highest BCUT2D eigenvalue weighted by Gasteiger charge is 2.41. The van der Waals surface area contributed by atoms with Gasteiger partial charge in [0.15, 0.2) is 34.9 Å². The Labute approximate surface area is 419 Å². The van der Waals surface area contributed by atoms with Gasteiger partial charge < -0.3 is 57.8 Å². The number of aromatic amines is 2. The lowest BCUT2D eigenvalue weighted by molar-refractivity contribution is 0.0706. The standard InChI is InChI=1S/C54H78N8O6Si2/c1-13-63-69(64-14-2,65-15-3)37-35-39-19-27-43(28-20-39)55-47-49(57-45-31-23-41(24-32-45)53(7,8)9)61-51(59-47)52-60-48(50(62-52)58-46-33-25-42(26-34-46)54(10,11)12)56-44-29-21-40(22-30-44)36-38-70(66-16-4,67-17-5)68-18-6/h19-34,55-58H,13-18,35-38H2,1-12H3,(H,59,61)(H,60,62). The molecule has 0 radical (unpaired) electrons. The normalized spacial score (nSPS) is 12.3. The Morgan fingerprint density at radius 3 is 0.943 bits per heavy atom. The third kappa shape index (κ3) is 14.9. The summed E-state index contributed by atoms with van der Waals surface area (Å²) < 4.78 is 36.7. The molecule has 14 nitrogen and oxygen atoms in total. The van der Waals surface area contributed by atoms with Crippen molar-refractivity contribution in [3.05, 3.63) is 119 Å². The predicted molar refractivity (Wildman–Crippen MR) is 291 cm³/mol. The van der Waals surface area contributed by atoms with Crippen molar-refractivity contribution in [1.29, 1.82) is 0 Å². The fourth-order valence-corrected chi connectivity index (χ4v) is 13.3. The van der Waals surface area contributed by atoms with Crippen molar-refractivity contribution in [2.75, 3.05) is 60.9 Å². The van der Waals surface area contributed by atoms with Gasteiger partial charge in [-0.1, -0.05) is 90.1 Å². The second-order valence-electron chi connectivity index (χ2n) is 19.1. The van der Waals surface area contributed by atoms with E-state index in [1.807, 2.05) is 41.5 Å². The van der Waals surface area contributed by atoms with E-state index in [0.29, 0.717) is 86.6 Å². The Morgan fingerprint density at radius 2 is 0.671 bits per heavy atom. The van der Waals surface area contributed by atoms with Gasteiger partial charge in [-0.2, -0.15) is 0 Å². The summed E-state index contributed by atoms with van der Waals surface area (Å²) >= 11 is 0. The largest absolute Gasteiger partial charge is 0.501 e. The van der Waals surface area contributed by atoms with Crippen molar-refractivity contribution in [1.82, 2.24) is 19.9 Å². The SMILES string of the molecule is CCO[Si](CCc1ccc(Nc2nc(-c3nc(Nc4ccc(CC[Si](OCC)(OCC)OCC)cc4)c(Nc4ccc(C(C)(C)C)cc4)[nH]3)[nH]c2Nc2ccc(C(C)(C)C)cc2)cc1)(OCC)OCC. The second kappa shape index (κ2) is 24.7. The van der Waals surface area contributed by atoms with E-state index in [4.69, 9.17) is 36.5 Å². The van der Waals surface area contributed by atoms with Crippen LogP contribution in [-0.4, -0.2) is 77.2 Å². The van der Waals surface area contributed by atoms with E-state index in [1.165, 1.54) is 11.1 Å². The Kier molecular flexibility index (Phi) is 19.1. The van der Waals surface area contributed by atoms with Crippen LogP contribution in [0.2, 0.25) is 12.1 Å². The van der Waals surface area contributed by atoms with Gasteiger partial charge in [-0.25, -0.2) is 9.97 Å². The van der Waals surface area contributed by atoms with E-state index >= 15 is 0 Å². The minimum absolute atomic E-state index is 0.0241. The van der Waals surface area contributed by atoms with Gasteiger partial charge in [0.1, 0.15) is 0 Å². The first-order chi connectivity index (χ1) is 33.5. The lowest BCUT2D eigenvalue weighted by Gasteiger charge is -2.28. The van der Waals surface area contributed by atoms with Crippen LogP contribution >= 0.6 is 0 Å². The number of hydrogen-bond acceptors (Lipinski definition) is 12. The molecule has 0 amide bonds. The number of imidazole rings is 2. The van der Waals surface area contributed by atoms with Crippen molar-refractivity contribution in [2.24, 2.45) is 0 Å². The first-order valence-electron chi connectivity index (χ1n) is 25.0. The van der Waals surface area contributed by atoms with Crippen molar-refractivity contribution in [3.63, 3.8) is 0 Å². The molecule has 6 aromatic rings. The van der Waals surface area contributed by atoms with Gasteiger partial charge in [-0.15, -0.1) is 0 Å². The molecular weight excluding hydrogens is 913 g/mol. The van der Waals surface area contributed by atoms with E-state index in [-0.39, 0.29) is 10.8 Å². The number of hydrogen-bond donors (Lipinski definition) is 6. The van der Waals surface area contributed by atoms with Crippen LogP contribution in [0.25, 0.3) is 11.6 Å². The van der Waals surface area contributed by atoms with Crippen LogP contribution in [0.1, 0.15) is 105 Å². The fraction of sp³-hybridized carbons (Fsp3) is 0.444. The van der Waals surface area contributed by atoms with E-state index in [2.05, 4.69) is 170 Å². The Balaban J connectivity index is 1.31.